The monoisotopic (exact) mass is 482 g/mol. The molecule has 28 heavy (non-hydrogen) atoms. The summed E-state index contributed by atoms with van der Waals surface area (Å²) < 4.78 is 0. The molecule has 2 saturated carbocycles. The van der Waals surface area contributed by atoms with Crippen LogP contribution in [0.15, 0.2) is 28.2 Å². The molecule has 0 bridgehead atoms. The van der Waals surface area contributed by atoms with Gasteiger partial charge in [0, 0.05) is 0 Å². The minimum atomic E-state index is -1.62. The topological polar surface area (TPSA) is 37.6 Å². The molecule has 3 rings (SSSR count). The standard InChI is InChI=1S/C21H31N3.3ClH.Cr/c1-16(22-18-10-5-3-6-11-18)20-14-9-15-21(24-20)17(2)23-19-12-7-4-8-13-19;;;;/h9,14-15,18-19H,3-8,10-13H2,1-2H3;3*1H;/q;;;;+3/p-3. The molecule has 0 radical (unpaired) electrons. The molecule has 0 amide bonds. The summed E-state index contributed by atoms with van der Waals surface area (Å²) in [6.07, 6.45) is 13.0. The molecule has 0 unspecified atom stereocenters. The van der Waals surface area contributed by atoms with Crippen LogP contribution in [0, 0.1) is 0 Å². The van der Waals surface area contributed by atoms with Gasteiger partial charge in [0.25, 0.3) is 0 Å². The fourth-order valence-corrected chi connectivity index (χ4v) is 3.94. The van der Waals surface area contributed by atoms with E-state index in [0.29, 0.717) is 12.1 Å². The molecule has 0 N–H and O–H groups in total. The molecular formula is C21H31Cl3CrN3. The Morgan fingerprint density at radius 3 is 1.50 bits per heavy atom. The maximum atomic E-state index is 4.94. The molecule has 0 aliphatic heterocycles. The number of nitrogens with zero attached hydrogens (tertiary/aromatic N) is 3. The first kappa shape index (κ1) is 24.2. The van der Waals surface area contributed by atoms with Gasteiger partial charge in [0.2, 0.25) is 0 Å². The molecule has 2 fully saturated rings. The van der Waals surface area contributed by atoms with Crippen LogP contribution in [0.4, 0.5) is 0 Å². The van der Waals surface area contributed by atoms with Gasteiger partial charge in [-0.15, -0.1) is 0 Å². The van der Waals surface area contributed by atoms with E-state index in [2.05, 4.69) is 32.0 Å². The first-order chi connectivity index (χ1) is 13.5. The predicted octanol–water partition coefficient (Wildman–Crippen LogP) is 7.43. The van der Waals surface area contributed by atoms with Crippen molar-refractivity contribution in [1.82, 2.24) is 4.98 Å². The normalized spacial score (nSPS) is 20.1. The SMILES string of the molecule is CC(=NC1CCCCC1)c1cccc(C(C)=NC2CCCCC2)n1.[Cl][Cr]([Cl])[Cl]. The number of halogens is 3. The van der Waals surface area contributed by atoms with Gasteiger partial charge in [0.05, 0.1) is 34.9 Å². The van der Waals surface area contributed by atoms with Gasteiger partial charge in [-0.2, -0.15) is 0 Å². The Bertz CT molecular complexity index is 600. The molecule has 0 aromatic carbocycles. The number of aromatic nitrogens is 1. The molecule has 0 atom stereocenters. The second-order valence-corrected chi connectivity index (χ2v) is 13.9. The van der Waals surface area contributed by atoms with Crippen LogP contribution in [0.2, 0.25) is 0 Å². The van der Waals surface area contributed by atoms with Crippen LogP contribution in [0.5, 0.6) is 0 Å². The molecule has 0 saturated heterocycles. The van der Waals surface area contributed by atoms with Crippen LogP contribution < -0.4 is 0 Å². The zero-order chi connectivity index (χ0) is 20.4. The van der Waals surface area contributed by atoms with E-state index < -0.39 is 11.4 Å². The van der Waals surface area contributed by atoms with E-state index in [1.165, 1.54) is 64.2 Å². The van der Waals surface area contributed by atoms with Crippen molar-refractivity contribution in [3.63, 3.8) is 0 Å². The van der Waals surface area contributed by atoms with Crippen molar-refractivity contribution in [2.75, 3.05) is 0 Å². The van der Waals surface area contributed by atoms with Gasteiger partial charge in [0.1, 0.15) is 0 Å². The van der Waals surface area contributed by atoms with Crippen molar-refractivity contribution < 1.29 is 11.4 Å². The van der Waals surface area contributed by atoms with Crippen molar-refractivity contribution >= 4 is 41.6 Å². The Morgan fingerprint density at radius 1 is 0.786 bits per heavy atom. The molecule has 0 spiro atoms. The van der Waals surface area contributed by atoms with Crippen LogP contribution in [0.1, 0.15) is 89.4 Å². The van der Waals surface area contributed by atoms with Gasteiger partial charge < -0.3 is 0 Å². The zero-order valence-corrected chi connectivity index (χ0v) is 20.4. The quantitative estimate of drug-likeness (QED) is 0.410. The second-order valence-electron chi connectivity index (χ2n) is 7.60. The van der Waals surface area contributed by atoms with Crippen molar-refractivity contribution in [3.8, 4) is 0 Å². The van der Waals surface area contributed by atoms with E-state index in [1.54, 1.807) is 0 Å². The summed E-state index contributed by atoms with van der Waals surface area (Å²) >= 11 is -1.62. The Morgan fingerprint density at radius 2 is 1.14 bits per heavy atom. The van der Waals surface area contributed by atoms with E-state index >= 15 is 0 Å². The van der Waals surface area contributed by atoms with Crippen LogP contribution in [0.25, 0.3) is 0 Å². The second kappa shape index (κ2) is 13.2. The third kappa shape index (κ3) is 9.14. The van der Waals surface area contributed by atoms with Gasteiger partial charge in [-0.1, -0.05) is 44.6 Å². The summed E-state index contributed by atoms with van der Waals surface area (Å²) in [5.74, 6) is 0. The third-order valence-corrected chi connectivity index (χ3v) is 5.39. The fraction of sp³-hybridized carbons (Fsp3) is 0.667. The van der Waals surface area contributed by atoms with Gasteiger partial charge in [-0.3, -0.25) is 9.98 Å². The Balaban J connectivity index is 0.000000640. The van der Waals surface area contributed by atoms with Crippen molar-refractivity contribution in [2.24, 2.45) is 9.98 Å². The average Bonchev–Trinajstić information content (AvgIpc) is 2.69. The van der Waals surface area contributed by atoms with Gasteiger partial charge in [-0.05, 0) is 51.7 Å². The predicted molar refractivity (Wildman–Crippen MR) is 120 cm³/mol. The van der Waals surface area contributed by atoms with E-state index in [-0.39, 0.29) is 0 Å². The molecule has 7 heteroatoms. The van der Waals surface area contributed by atoms with E-state index in [4.69, 9.17) is 45.1 Å². The summed E-state index contributed by atoms with van der Waals surface area (Å²) in [4.78, 5) is 14.7. The summed E-state index contributed by atoms with van der Waals surface area (Å²) in [5, 5.41) is 0. The average molecular weight is 484 g/mol. The number of hydrogen-bond acceptors (Lipinski definition) is 3. The minimum absolute atomic E-state index is 0.501. The third-order valence-electron chi connectivity index (χ3n) is 5.39. The number of rotatable bonds is 4. The Kier molecular flexibility index (Phi) is 11.4. The van der Waals surface area contributed by atoms with Gasteiger partial charge >= 0.3 is 41.5 Å². The number of pyridine rings is 1. The van der Waals surface area contributed by atoms with E-state index in [9.17, 15) is 0 Å². The van der Waals surface area contributed by atoms with Crippen molar-refractivity contribution in [1.29, 1.82) is 0 Å². The molecule has 1 heterocycles. The molecular weight excluding hydrogens is 453 g/mol. The van der Waals surface area contributed by atoms with Gasteiger partial charge in [0.15, 0.2) is 0 Å². The first-order valence-electron chi connectivity index (χ1n) is 10.3. The summed E-state index contributed by atoms with van der Waals surface area (Å²) in [5.41, 5.74) is 4.18. The van der Waals surface area contributed by atoms with Crippen molar-refractivity contribution in [2.45, 2.75) is 90.1 Å². The zero-order valence-electron chi connectivity index (χ0n) is 16.8. The summed E-state index contributed by atoms with van der Waals surface area (Å²) in [6.45, 7) is 4.21. The first-order valence-corrected chi connectivity index (χ1v) is 15.5. The number of hydrogen-bond donors (Lipinski definition) is 0. The number of aliphatic imine (C=N–C) groups is 2. The summed E-state index contributed by atoms with van der Waals surface area (Å²) in [7, 11) is 14.8. The van der Waals surface area contributed by atoms with Crippen LogP contribution in [-0.2, 0) is 11.4 Å². The molecule has 157 valence electrons. The maximum absolute atomic E-state index is 4.94. The Labute approximate surface area is 187 Å². The van der Waals surface area contributed by atoms with E-state index in [1.807, 2.05) is 0 Å². The van der Waals surface area contributed by atoms with Gasteiger partial charge in [-0.25, -0.2) is 4.98 Å². The molecule has 1 aromatic heterocycles. The summed E-state index contributed by atoms with van der Waals surface area (Å²) in [6, 6.07) is 7.26. The molecule has 2 aliphatic carbocycles. The molecule has 3 nitrogen and oxygen atoms in total. The molecule has 2 aliphatic rings. The Hall–Kier alpha value is -0.108. The van der Waals surface area contributed by atoms with E-state index in [0.717, 1.165) is 22.8 Å². The van der Waals surface area contributed by atoms with Crippen LogP contribution >= 0.6 is 30.1 Å². The van der Waals surface area contributed by atoms with Crippen molar-refractivity contribution in [3.05, 3.63) is 29.6 Å². The van der Waals surface area contributed by atoms with Crippen LogP contribution in [-0.4, -0.2) is 28.5 Å². The molecule has 1 aromatic rings. The van der Waals surface area contributed by atoms with Crippen LogP contribution in [0.3, 0.4) is 0 Å². The fourth-order valence-electron chi connectivity index (χ4n) is 3.94.